The molecule has 0 fully saturated rings. The Labute approximate surface area is 144 Å². The van der Waals surface area contributed by atoms with Gasteiger partial charge in [0.15, 0.2) is 0 Å². The van der Waals surface area contributed by atoms with Gasteiger partial charge in [0.05, 0.1) is 23.8 Å². The Morgan fingerprint density at radius 1 is 0.920 bits per heavy atom. The minimum Gasteiger partial charge on any atom is -0.299 e. The third-order valence-corrected chi connectivity index (χ3v) is 4.19. The lowest BCUT2D eigenvalue weighted by molar-refractivity contribution is -0.117. The predicted molar refractivity (Wildman–Crippen MR) is 93.4 cm³/mol. The first kappa shape index (κ1) is 15.3. The number of carbonyl (C=O) groups excluding carboxylic acids is 1. The summed E-state index contributed by atoms with van der Waals surface area (Å²) in [4.78, 5) is 17.0. The van der Waals surface area contributed by atoms with E-state index in [-0.39, 0.29) is 24.4 Å². The zero-order chi connectivity index (χ0) is 17.2. The largest absolute Gasteiger partial charge is 0.299 e. The SMILES string of the molecule is O=C1CC(c2ccnnc2)=Nc2ccc(-c3ccccc3F)cc2C1. The molecule has 5 heteroatoms. The Morgan fingerprint density at radius 2 is 1.80 bits per heavy atom. The van der Waals surface area contributed by atoms with Gasteiger partial charge >= 0.3 is 0 Å². The topological polar surface area (TPSA) is 55.2 Å². The smallest absolute Gasteiger partial charge is 0.143 e. The highest BCUT2D eigenvalue weighted by atomic mass is 19.1. The molecule has 0 saturated carbocycles. The second-order valence-electron chi connectivity index (χ2n) is 5.91. The van der Waals surface area contributed by atoms with E-state index in [0.29, 0.717) is 11.3 Å². The number of hydrogen-bond donors (Lipinski definition) is 0. The summed E-state index contributed by atoms with van der Waals surface area (Å²) in [5.74, 6) is -0.213. The average Bonchev–Trinajstić information content (AvgIpc) is 2.80. The van der Waals surface area contributed by atoms with Crippen LogP contribution in [0, 0.1) is 5.82 Å². The fraction of sp³-hybridized carbons (Fsp3) is 0.100. The Kier molecular flexibility index (Phi) is 3.90. The van der Waals surface area contributed by atoms with Crippen LogP contribution in [-0.4, -0.2) is 21.7 Å². The first-order valence-corrected chi connectivity index (χ1v) is 7.95. The van der Waals surface area contributed by atoms with Crippen molar-refractivity contribution in [3.8, 4) is 11.1 Å². The molecule has 4 nitrogen and oxygen atoms in total. The van der Waals surface area contributed by atoms with E-state index in [1.807, 2.05) is 18.2 Å². The number of aliphatic imine (C=N–C) groups is 1. The number of rotatable bonds is 2. The van der Waals surface area contributed by atoms with Crippen molar-refractivity contribution < 1.29 is 9.18 Å². The number of Topliss-reactive ketones (excluding diaryl/α,β-unsaturated/α-hetero) is 1. The maximum atomic E-state index is 14.0. The first-order chi connectivity index (χ1) is 12.2. The van der Waals surface area contributed by atoms with Crippen molar-refractivity contribution in [1.29, 1.82) is 0 Å². The molecular weight excluding hydrogens is 317 g/mol. The second-order valence-corrected chi connectivity index (χ2v) is 5.91. The average molecular weight is 331 g/mol. The molecule has 122 valence electrons. The lowest BCUT2D eigenvalue weighted by Gasteiger charge is -2.08. The van der Waals surface area contributed by atoms with Gasteiger partial charge in [0.25, 0.3) is 0 Å². The van der Waals surface area contributed by atoms with Gasteiger partial charge in [0, 0.05) is 24.0 Å². The van der Waals surface area contributed by atoms with Gasteiger partial charge in [-0.2, -0.15) is 10.2 Å². The van der Waals surface area contributed by atoms with Gasteiger partial charge in [-0.05, 0) is 35.4 Å². The fourth-order valence-corrected chi connectivity index (χ4v) is 2.97. The van der Waals surface area contributed by atoms with Crippen LogP contribution < -0.4 is 0 Å². The molecule has 2 aromatic carbocycles. The standard InChI is InChI=1S/C20H14FN3O/c21-18-4-2-1-3-17(18)13-5-6-19-15(9-13)10-16(25)11-20(24-19)14-7-8-22-23-12-14/h1-9,12H,10-11H2. The van der Waals surface area contributed by atoms with Crippen LogP contribution in [0.15, 0.2) is 65.9 Å². The number of halogens is 1. The van der Waals surface area contributed by atoms with Gasteiger partial charge in [0.2, 0.25) is 0 Å². The molecule has 1 aliphatic heterocycles. The van der Waals surface area contributed by atoms with Crippen molar-refractivity contribution in [3.63, 3.8) is 0 Å². The van der Waals surface area contributed by atoms with E-state index in [1.165, 1.54) is 6.07 Å². The minimum atomic E-state index is -0.283. The van der Waals surface area contributed by atoms with Crippen LogP contribution in [0.1, 0.15) is 17.5 Å². The summed E-state index contributed by atoms with van der Waals surface area (Å²) < 4.78 is 14.0. The number of nitrogens with zero attached hydrogens (tertiary/aromatic N) is 3. The Balaban J connectivity index is 1.80. The maximum absolute atomic E-state index is 14.0. The van der Waals surface area contributed by atoms with Crippen molar-refractivity contribution in [2.45, 2.75) is 12.8 Å². The third-order valence-electron chi connectivity index (χ3n) is 4.19. The number of ketones is 1. The zero-order valence-electron chi connectivity index (χ0n) is 13.3. The maximum Gasteiger partial charge on any atom is 0.143 e. The molecule has 1 aliphatic rings. The van der Waals surface area contributed by atoms with E-state index in [4.69, 9.17) is 0 Å². The summed E-state index contributed by atoms with van der Waals surface area (Å²) in [6.07, 6.45) is 3.71. The van der Waals surface area contributed by atoms with E-state index >= 15 is 0 Å². The molecule has 25 heavy (non-hydrogen) atoms. The van der Waals surface area contributed by atoms with Gasteiger partial charge in [-0.3, -0.25) is 9.79 Å². The lowest BCUT2D eigenvalue weighted by atomic mass is 9.98. The highest BCUT2D eigenvalue weighted by Gasteiger charge is 2.19. The van der Waals surface area contributed by atoms with Gasteiger partial charge in [-0.15, -0.1) is 0 Å². The summed E-state index contributed by atoms with van der Waals surface area (Å²) in [6.45, 7) is 0. The summed E-state index contributed by atoms with van der Waals surface area (Å²) in [7, 11) is 0. The molecule has 0 radical (unpaired) electrons. The lowest BCUT2D eigenvalue weighted by Crippen LogP contribution is -2.09. The Hall–Kier alpha value is -3.21. The molecule has 0 bridgehead atoms. The molecule has 0 aliphatic carbocycles. The van der Waals surface area contributed by atoms with Crippen LogP contribution in [0.3, 0.4) is 0 Å². The molecule has 0 unspecified atom stereocenters. The summed E-state index contributed by atoms with van der Waals surface area (Å²) >= 11 is 0. The minimum absolute atomic E-state index is 0.0694. The van der Waals surface area contributed by atoms with Crippen LogP contribution >= 0.6 is 0 Å². The van der Waals surface area contributed by atoms with Gasteiger partial charge < -0.3 is 0 Å². The normalized spacial score (nSPS) is 13.8. The van der Waals surface area contributed by atoms with Gasteiger partial charge in [-0.25, -0.2) is 4.39 Å². The third kappa shape index (κ3) is 3.08. The molecule has 0 N–H and O–H groups in total. The zero-order valence-corrected chi connectivity index (χ0v) is 13.3. The summed E-state index contributed by atoms with van der Waals surface area (Å²) in [5.41, 5.74) is 4.27. The number of carbonyl (C=O) groups is 1. The van der Waals surface area contributed by atoms with Crippen molar-refractivity contribution in [2.75, 3.05) is 0 Å². The van der Waals surface area contributed by atoms with Crippen molar-refractivity contribution in [1.82, 2.24) is 10.2 Å². The Bertz CT molecular complexity index is 983. The molecule has 0 spiro atoms. The highest BCUT2D eigenvalue weighted by Crippen LogP contribution is 2.31. The van der Waals surface area contributed by atoms with Crippen LogP contribution in [-0.2, 0) is 11.2 Å². The van der Waals surface area contributed by atoms with Crippen molar-refractivity contribution in [2.24, 2.45) is 4.99 Å². The van der Waals surface area contributed by atoms with Crippen LogP contribution in [0.4, 0.5) is 10.1 Å². The molecule has 1 aromatic heterocycles. The number of fused-ring (bicyclic) bond motifs is 1. The van der Waals surface area contributed by atoms with E-state index in [0.717, 1.165) is 22.4 Å². The molecule has 0 amide bonds. The van der Waals surface area contributed by atoms with E-state index in [9.17, 15) is 9.18 Å². The van der Waals surface area contributed by atoms with Crippen LogP contribution in [0.2, 0.25) is 0 Å². The van der Waals surface area contributed by atoms with Crippen LogP contribution in [0.5, 0.6) is 0 Å². The van der Waals surface area contributed by atoms with Crippen LogP contribution in [0.25, 0.3) is 11.1 Å². The highest BCUT2D eigenvalue weighted by molar-refractivity contribution is 6.13. The monoisotopic (exact) mass is 331 g/mol. The predicted octanol–water partition coefficient (Wildman–Crippen LogP) is 3.92. The van der Waals surface area contributed by atoms with Crippen molar-refractivity contribution >= 4 is 17.2 Å². The van der Waals surface area contributed by atoms with E-state index in [2.05, 4.69) is 15.2 Å². The molecule has 0 saturated heterocycles. The summed E-state index contributed by atoms with van der Waals surface area (Å²) in [6, 6.07) is 13.9. The quantitative estimate of drug-likeness (QED) is 0.715. The molecule has 4 rings (SSSR count). The fourth-order valence-electron chi connectivity index (χ4n) is 2.97. The molecule has 0 atom stereocenters. The number of aromatic nitrogens is 2. The summed E-state index contributed by atoms with van der Waals surface area (Å²) in [5, 5.41) is 7.61. The van der Waals surface area contributed by atoms with E-state index in [1.54, 1.807) is 36.7 Å². The number of benzene rings is 2. The first-order valence-electron chi connectivity index (χ1n) is 7.95. The van der Waals surface area contributed by atoms with Gasteiger partial charge in [-0.1, -0.05) is 24.3 Å². The molecule has 3 aromatic rings. The Morgan fingerprint density at radius 3 is 2.60 bits per heavy atom. The van der Waals surface area contributed by atoms with Crippen molar-refractivity contribution in [3.05, 3.63) is 77.9 Å². The molecule has 2 heterocycles. The van der Waals surface area contributed by atoms with Gasteiger partial charge in [0.1, 0.15) is 11.6 Å². The molecular formula is C20H14FN3O. The second kappa shape index (κ2) is 6.36. The van der Waals surface area contributed by atoms with E-state index < -0.39 is 0 Å². The number of hydrogen-bond acceptors (Lipinski definition) is 4.